The van der Waals surface area contributed by atoms with Gasteiger partial charge in [-0.2, -0.15) is 0 Å². The molecule has 3 nitrogen and oxygen atoms in total. The Bertz CT molecular complexity index is 322. The largest absolute Gasteiger partial charge is 0.392 e. The second-order valence-corrected chi connectivity index (χ2v) is 7.07. The Hall–Kier alpha value is -0.120. The normalized spacial score (nSPS) is 49.5. The van der Waals surface area contributed by atoms with E-state index in [2.05, 4.69) is 9.80 Å². The first kappa shape index (κ1) is 11.7. The maximum atomic E-state index is 9.89. The van der Waals surface area contributed by atoms with E-state index in [4.69, 9.17) is 0 Å². The second kappa shape index (κ2) is 4.46. The third kappa shape index (κ3) is 1.83. The van der Waals surface area contributed by atoms with Gasteiger partial charge in [-0.05, 0) is 50.5 Å². The number of aliphatic hydroxyl groups is 1. The Labute approximate surface area is 110 Å². The lowest BCUT2D eigenvalue weighted by atomic mass is 9.71. The van der Waals surface area contributed by atoms with Crippen LogP contribution in [0, 0.1) is 11.8 Å². The van der Waals surface area contributed by atoms with Gasteiger partial charge in [0, 0.05) is 31.7 Å². The average Bonchev–Trinajstić information content (AvgIpc) is 2.38. The van der Waals surface area contributed by atoms with Crippen LogP contribution < -0.4 is 0 Å². The first-order valence-electron chi connectivity index (χ1n) is 7.97. The molecule has 4 aliphatic rings. The molecule has 102 valence electrons. The molecule has 4 aliphatic heterocycles. The minimum atomic E-state index is -0.0532. The summed E-state index contributed by atoms with van der Waals surface area (Å²) in [7, 11) is 0. The van der Waals surface area contributed by atoms with Crippen LogP contribution in [-0.2, 0) is 0 Å². The van der Waals surface area contributed by atoms with Crippen molar-refractivity contribution >= 4 is 0 Å². The van der Waals surface area contributed by atoms with E-state index < -0.39 is 0 Å². The van der Waals surface area contributed by atoms with Crippen molar-refractivity contribution in [2.75, 3.05) is 26.2 Å². The highest BCUT2D eigenvalue weighted by atomic mass is 16.3. The Morgan fingerprint density at radius 1 is 0.778 bits per heavy atom. The fraction of sp³-hybridized carbons (Fsp3) is 1.00. The van der Waals surface area contributed by atoms with Crippen molar-refractivity contribution < 1.29 is 5.11 Å². The van der Waals surface area contributed by atoms with Crippen molar-refractivity contribution in [1.29, 1.82) is 0 Å². The van der Waals surface area contributed by atoms with Gasteiger partial charge in [0.1, 0.15) is 0 Å². The molecule has 2 bridgehead atoms. The highest BCUT2D eigenvalue weighted by Gasteiger charge is 2.47. The van der Waals surface area contributed by atoms with Crippen LogP contribution in [0.1, 0.15) is 38.5 Å². The molecule has 0 amide bonds. The first-order chi connectivity index (χ1) is 8.81. The lowest BCUT2D eigenvalue weighted by Gasteiger charge is -2.57. The Kier molecular flexibility index (Phi) is 2.90. The molecular formula is C15H26N2O. The van der Waals surface area contributed by atoms with Gasteiger partial charge in [0.15, 0.2) is 0 Å². The lowest BCUT2D eigenvalue weighted by molar-refractivity contribution is -0.0912. The van der Waals surface area contributed by atoms with Crippen LogP contribution in [-0.4, -0.2) is 59.3 Å². The molecule has 0 spiro atoms. The fourth-order valence-electron chi connectivity index (χ4n) is 5.26. The van der Waals surface area contributed by atoms with E-state index in [1.54, 1.807) is 0 Å². The van der Waals surface area contributed by atoms with E-state index >= 15 is 0 Å². The fourth-order valence-corrected chi connectivity index (χ4v) is 5.26. The molecule has 1 N–H and O–H groups in total. The first-order valence-corrected chi connectivity index (χ1v) is 7.97. The lowest BCUT2D eigenvalue weighted by Crippen LogP contribution is -2.64. The van der Waals surface area contributed by atoms with Gasteiger partial charge in [-0.1, -0.05) is 6.42 Å². The van der Waals surface area contributed by atoms with Crippen LogP contribution in [0.2, 0.25) is 0 Å². The summed E-state index contributed by atoms with van der Waals surface area (Å²) in [5, 5.41) is 9.89. The number of hydrogen-bond acceptors (Lipinski definition) is 3. The smallest absolute Gasteiger partial charge is 0.0667 e. The molecule has 0 aromatic heterocycles. The summed E-state index contributed by atoms with van der Waals surface area (Å²) >= 11 is 0. The van der Waals surface area contributed by atoms with Crippen LogP contribution >= 0.6 is 0 Å². The quantitative estimate of drug-likeness (QED) is 0.702. The molecule has 5 atom stereocenters. The summed E-state index contributed by atoms with van der Waals surface area (Å²) in [6.07, 6.45) is 7.97. The van der Waals surface area contributed by atoms with Gasteiger partial charge in [0.2, 0.25) is 0 Å². The number of fused-ring (bicyclic) bond motifs is 6. The molecule has 0 aliphatic carbocycles. The molecule has 0 saturated carbocycles. The topological polar surface area (TPSA) is 26.7 Å². The predicted octanol–water partition coefficient (Wildman–Crippen LogP) is 1.32. The van der Waals surface area contributed by atoms with E-state index in [1.807, 2.05) is 0 Å². The molecule has 5 unspecified atom stereocenters. The standard InChI is InChI=1S/C15H26N2O/c18-13-4-5-15-11-7-12(9-17(15)10-13)14-3-1-2-6-16(14)8-11/h11-15,18H,1-10H2. The van der Waals surface area contributed by atoms with E-state index in [0.717, 1.165) is 36.9 Å². The van der Waals surface area contributed by atoms with Crippen LogP contribution in [0.25, 0.3) is 0 Å². The zero-order valence-electron chi connectivity index (χ0n) is 11.3. The maximum Gasteiger partial charge on any atom is 0.0667 e. The summed E-state index contributed by atoms with van der Waals surface area (Å²) in [6.45, 7) is 4.91. The zero-order valence-corrected chi connectivity index (χ0v) is 11.3. The van der Waals surface area contributed by atoms with E-state index in [-0.39, 0.29) is 6.10 Å². The summed E-state index contributed by atoms with van der Waals surface area (Å²) in [5.41, 5.74) is 0. The zero-order chi connectivity index (χ0) is 12.1. The summed E-state index contributed by atoms with van der Waals surface area (Å²) in [6, 6.07) is 1.66. The van der Waals surface area contributed by atoms with Crippen molar-refractivity contribution in [3.05, 3.63) is 0 Å². The Morgan fingerprint density at radius 2 is 1.56 bits per heavy atom. The Balaban J connectivity index is 1.54. The van der Waals surface area contributed by atoms with Gasteiger partial charge < -0.3 is 5.11 Å². The molecule has 18 heavy (non-hydrogen) atoms. The summed E-state index contributed by atoms with van der Waals surface area (Å²) in [5.74, 6) is 1.79. The van der Waals surface area contributed by atoms with Crippen molar-refractivity contribution in [1.82, 2.24) is 9.80 Å². The number of hydrogen-bond donors (Lipinski definition) is 1. The van der Waals surface area contributed by atoms with Crippen LogP contribution in [0.3, 0.4) is 0 Å². The van der Waals surface area contributed by atoms with Gasteiger partial charge in [0.05, 0.1) is 6.10 Å². The molecule has 0 radical (unpaired) electrons. The van der Waals surface area contributed by atoms with E-state index in [0.29, 0.717) is 0 Å². The number of piperidine rings is 4. The molecule has 0 aromatic rings. The molecule has 3 heteroatoms. The second-order valence-electron chi connectivity index (χ2n) is 7.07. The average molecular weight is 250 g/mol. The van der Waals surface area contributed by atoms with Crippen LogP contribution in [0.4, 0.5) is 0 Å². The third-order valence-corrected chi connectivity index (χ3v) is 6.01. The van der Waals surface area contributed by atoms with Crippen LogP contribution in [0.15, 0.2) is 0 Å². The minimum absolute atomic E-state index is 0.0532. The van der Waals surface area contributed by atoms with Crippen molar-refractivity contribution in [2.24, 2.45) is 11.8 Å². The van der Waals surface area contributed by atoms with E-state index in [1.165, 1.54) is 51.7 Å². The number of rotatable bonds is 0. The highest BCUT2D eigenvalue weighted by Crippen LogP contribution is 2.42. The molecule has 4 rings (SSSR count). The van der Waals surface area contributed by atoms with Crippen molar-refractivity contribution in [2.45, 2.75) is 56.7 Å². The molecule has 4 heterocycles. The predicted molar refractivity (Wildman–Crippen MR) is 71.4 cm³/mol. The molecular weight excluding hydrogens is 224 g/mol. The SMILES string of the molecule is OC1CCC2C3CC(CN2C1)C1CCCCN1C3. The molecule has 4 fully saturated rings. The molecule has 4 saturated heterocycles. The monoisotopic (exact) mass is 250 g/mol. The van der Waals surface area contributed by atoms with Gasteiger partial charge in [-0.3, -0.25) is 9.80 Å². The van der Waals surface area contributed by atoms with Gasteiger partial charge >= 0.3 is 0 Å². The highest BCUT2D eigenvalue weighted by molar-refractivity contribution is 5.01. The number of aliphatic hydroxyl groups excluding tert-OH is 1. The summed E-state index contributed by atoms with van der Waals surface area (Å²) in [4.78, 5) is 5.45. The third-order valence-electron chi connectivity index (χ3n) is 6.01. The van der Waals surface area contributed by atoms with Crippen molar-refractivity contribution in [3.63, 3.8) is 0 Å². The van der Waals surface area contributed by atoms with Gasteiger partial charge in [-0.15, -0.1) is 0 Å². The van der Waals surface area contributed by atoms with Crippen LogP contribution in [0.5, 0.6) is 0 Å². The maximum absolute atomic E-state index is 9.89. The molecule has 0 aromatic carbocycles. The van der Waals surface area contributed by atoms with Gasteiger partial charge in [-0.25, -0.2) is 0 Å². The Morgan fingerprint density at radius 3 is 2.44 bits per heavy atom. The van der Waals surface area contributed by atoms with Crippen molar-refractivity contribution in [3.8, 4) is 0 Å². The minimum Gasteiger partial charge on any atom is -0.392 e. The summed E-state index contributed by atoms with van der Waals surface area (Å²) < 4.78 is 0. The van der Waals surface area contributed by atoms with E-state index in [9.17, 15) is 5.11 Å². The number of nitrogens with zero attached hydrogens (tertiary/aromatic N) is 2. The van der Waals surface area contributed by atoms with Gasteiger partial charge in [0.25, 0.3) is 0 Å².